The summed E-state index contributed by atoms with van der Waals surface area (Å²) >= 11 is 0. The van der Waals surface area contributed by atoms with E-state index in [1.54, 1.807) is 4.52 Å². The van der Waals surface area contributed by atoms with E-state index in [0.717, 1.165) is 11.2 Å². The van der Waals surface area contributed by atoms with E-state index in [0.29, 0.717) is 5.82 Å². The maximum absolute atomic E-state index is 8.77. The van der Waals surface area contributed by atoms with Gasteiger partial charge in [-0.3, -0.25) is 0 Å². The van der Waals surface area contributed by atoms with E-state index < -0.39 is 0 Å². The minimum atomic E-state index is -0.110. The first-order chi connectivity index (χ1) is 5.79. The van der Waals surface area contributed by atoms with E-state index in [2.05, 4.69) is 10.1 Å². The van der Waals surface area contributed by atoms with Crippen molar-refractivity contribution in [3.63, 3.8) is 0 Å². The van der Waals surface area contributed by atoms with Crippen molar-refractivity contribution in [2.24, 2.45) is 0 Å². The molecule has 2 heterocycles. The lowest BCUT2D eigenvalue weighted by Gasteiger charge is -1.90. The molecular weight excluding hydrogens is 154 g/mol. The number of pyridine rings is 1. The van der Waals surface area contributed by atoms with Gasteiger partial charge in [0.2, 0.25) is 0 Å². The third-order valence-corrected chi connectivity index (χ3v) is 1.68. The van der Waals surface area contributed by atoms with Gasteiger partial charge in [0, 0.05) is 6.20 Å². The van der Waals surface area contributed by atoms with Crippen LogP contribution in [0.3, 0.4) is 0 Å². The number of hydrogen-bond donors (Lipinski definition) is 1. The van der Waals surface area contributed by atoms with Crippen LogP contribution in [0.15, 0.2) is 18.3 Å². The predicted octanol–water partition coefficient (Wildman–Crippen LogP) is 0.530. The SMILES string of the molecule is Cc1ccn2nc(CO)nc2c1. The van der Waals surface area contributed by atoms with Gasteiger partial charge in [0.15, 0.2) is 11.5 Å². The second kappa shape index (κ2) is 2.57. The molecule has 0 fully saturated rings. The van der Waals surface area contributed by atoms with Crippen LogP contribution in [0.1, 0.15) is 11.4 Å². The Kier molecular flexibility index (Phi) is 1.55. The molecule has 2 aromatic rings. The second-order valence-corrected chi connectivity index (χ2v) is 2.69. The Bertz CT molecular complexity index is 408. The number of fused-ring (bicyclic) bond motifs is 1. The quantitative estimate of drug-likeness (QED) is 0.667. The van der Waals surface area contributed by atoms with E-state index in [4.69, 9.17) is 5.11 Å². The minimum absolute atomic E-state index is 0.110. The maximum atomic E-state index is 8.77. The zero-order chi connectivity index (χ0) is 8.55. The molecule has 0 saturated heterocycles. The Morgan fingerprint density at radius 3 is 3.17 bits per heavy atom. The molecule has 0 amide bonds. The van der Waals surface area contributed by atoms with Gasteiger partial charge in [-0.2, -0.15) is 0 Å². The van der Waals surface area contributed by atoms with Crippen molar-refractivity contribution in [2.75, 3.05) is 0 Å². The van der Waals surface area contributed by atoms with Crippen LogP contribution in [0, 0.1) is 6.92 Å². The van der Waals surface area contributed by atoms with Crippen LogP contribution in [-0.4, -0.2) is 19.7 Å². The molecule has 0 radical (unpaired) electrons. The number of aromatic nitrogens is 3. The van der Waals surface area contributed by atoms with E-state index in [1.807, 2.05) is 25.3 Å². The van der Waals surface area contributed by atoms with Gasteiger partial charge >= 0.3 is 0 Å². The van der Waals surface area contributed by atoms with Gasteiger partial charge in [0.25, 0.3) is 0 Å². The molecule has 2 rings (SSSR count). The number of nitrogens with zero attached hydrogens (tertiary/aromatic N) is 3. The fourth-order valence-corrected chi connectivity index (χ4v) is 1.10. The normalized spacial score (nSPS) is 10.8. The predicted molar refractivity (Wildman–Crippen MR) is 43.6 cm³/mol. The van der Waals surface area contributed by atoms with Crippen molar-refractivity contribution < 1.29 is 5.11 Å². The molecule has 0 unspecified atom stereocenters. The molecule has 0 bridgehead atoms. The lowest BCUT2D eigenvalue weighted by Crippen LogP contribution is -1.88. The van der Waals surface area contributed by atoms with Crippen molar-refractivity contribution in [1.82, 2.24) is 14.6 Å². The molecule has 0 aliphatic heterocycles. The van der Waals surface area contributed by atoms with E-state index in [-0.39, 0.29) is 6.61 Å². The molecule has 12 heavy (non-hydrogen) atoms. The third kappa shape index (κ3) is 1.06. The molecule has 62 valence electrons. The first-order valence-corrected chi connectivity index (χ1v) is 3.72. The number of hydrogen-bond acceptors (Lipinski definition) is 3. The molecule has 0 aliphatic rings. The summed E-state index contributed by atoms with van der Waals surface area (Å²) in [6.45, 7) is 1.88. The lowest BCUT2D eigenvalue weighted by molar-refractivity contribution is 0.271. The summed E-state index contributed by atoms with van der Waals surface area (Å²) in [6, 6.07) is 3.87. The van der Waals surface area contributed by atoms with Crippen molar-refractivity contribution in [2.45, 2.75) is 13.5 Å². The Hall–Kier alpha value is -1.42. The highest BCUT2D eigenvalue weighted by atomic mass is 16.3. The topological polar surface area (TPSA) is 50.4 Å². The average molecular weight is 163 g/mol. The Labute approximate surface area is 69.5 Å². The van der Waals surface area contributed by atoms with Crippen LogP contribution in [-0.2, 0) is 6.61 Å². The van der Waals surface area contributed by atoms with Gasteiger partial charge < -0.3 is 5.11 Å². The Morgan fingerprint density at radius 1 is 1.58 bits per heavy atom. The van der Waals surface area contributed by atoms with Crippen LogP contribution < -0.4 is 0 Å². The second-order valence-electron chi connectivity index (χ2n) is 2.69. The van der Waals surface area contributed by atoms with Crippen molar-refractivity contribution in [1.29, 1.82) is 0 Å². The first kappa shape index (κ1) is 7.24. The molecule has 0 atom stereocenters. The summed E-state index contributed by atoms with van der Waals surface area (Å²) < 4.78 is 1.65. The van der Waals surface area contributed by atoms with Crippen LogP contribution in [0.2, 0.25) is 0 Å². The largest absolute Gasteiger partial charge is 0.388 e. The number of aliphatic hydroxyl groups excluding tert-OH is 1. The van der Waals surface area contributed by atoms with Crippen molar-refractivity contribution in [3.8, 4) is 0 Å². The summed E-state index contributed by atoms with van der Waals surface area (Å²) in [5, 5.41) is 12.8. The van der Waals surface area contributed by atoms with Gasteiger partial charge in [0.1, 0.15) is 6.61 Å². The fourth-order valence-electron chi connectivity index (χ4n) is 1.10. The highest BCUT2D eigenvalue weighted by Gasteiger charge is 2.00. The van der Waals surface area contributed by atoms with Crippen LogP contribution in [0.5, 0.6) is 0 Å². The zero-order valence-corrected chi connectivity index (χ0v) is 6.73. The summed E-state index contributed by atoms with van der Waals surface area (Å²) in [4.78, 5) is 4.09. The zero-order valence-electron chi connectivity index (χ0n) is 6.73. The van der Waals surface area contributed by atoms with Crippen LogP contribution in [0.25, 0.3) is 5.65 Å². The molecule has 0 aliphatic carbocycles. The highest BCUT2D eigenvalue weighted by Crippen LogP contribution is 2.03. The van der Waals surface area contributed by atoms with E-state index >= 15 is 0 Å². The summed E-state index contributed by atoms with van der Waals surface area (Å²) in [7, 11) is 0. The Balaban J connectivity index is 2.67. The van der Waals surface area contributed by atoms with Crippen LogP contribution in [0.4, 0.5) is 0 Å². The van der Waals surface area contributed by atoms with Crippen molar-refractivity contribution in [3.05, 3.63) is 29.7 Å². The maximum Gasteiger partial charge on any atom is 0.177 e. The number of rotatable bonds is 1. The minimum Gasteiger partial charge on any atom is -0.388 e. The average Bonchev–Trinajstić information content (AvgIpc) is 2.46. The molecular formula is C8H9N3O. The molecule has 4 nitrogen and oxygen atoms in total. The number of aliphatic hydroxyl groups is 1. The molecule has 4 heteroatoms. The molecule has 0 aromatic carbocycles. The fraction of sp³-hybridized carbons (Fsp3) is 0.250. The van der Waals surface area contributed by atoms with Gasteiger partial charge in [0.05, 0.1) is 0 Å². The van der Waals surface area contributed by atoms with Crippen molar-refractivity contribution >= 4 is 5.65 Å². The molecule has 2 aromatic heterocycles. The molecule has 0 saturated carbocycles. The summed E-state index contributed by atoms with van der Waals surface area (Å²) in [5.41, 5.74) is 1.92. The smallest absolute Gasteiger partial charge is 0.177 e. The van der Waals surface area contributed by atoms with E-state index in [1.165, 1.54) is 0 Å². The first-order valence-electron chi connectivity index (χ1n) is 3.72. The van der Waals surface area contributed by atoms with Gasteiger partial charge in [-0.25, -0.2) is 9.50 Å². The van der Waals surface area contributed by atoms with Gasteiger partial charge in [-0.05, 0) is 24.6 Å². The summed E-state index contributed by atoms with van der Waals surface area (Å²) in [5.74, 6) is 0.459. The van der Waals surface area contributed by atoms with E-state index in [9.17, 15) is 0 Å². The Morgan fingerprint density at radius 2 is 2.42 bits per heavy atom. The standard InChI is InChI=1S/C8H9N3O/c1-6-2-3-11-8(4-6)9-7(5-12)10-11/h2-4,12H,5H2,1H3. The third-order valence-electron chi connectivity index (χ3n) is 1.68. The number of aryl methyl sites for hydroxylation is 1. The molecule has 0 spiro atoms. The van der Waals surface area contributed by atoms with Gasteiger partial charge in [-0.15, -0.1) is 5.10 Å². The highest BCUT2D eigenvalue weighted by molar-refractivity contribution is 5.39. The van der Waals surface area contributed by atoms with Crippen LogP contribution >= 0.6 is 0 Å². The summed E-state index contributed by atoms with van der Waals surface area (Å²) in [6.07, 6.45) is 1.83. The van der Waals surface area contributed by atoms with Gasteiger partial charge in [-0.1, -0.05) is 0 Å². The molecule has 1 N–H and O–H groups in total. The monoisotopic (exact) mass is 163 g/mol. The lowest BCUT2D eigenvalue weighted by atomic mass is 10.3.